The van der Waals surface area contributed by atoms with Crippen molar-refractivity contribution in [1.29, 1.82) is 0 Å². The first-order valence-electron chi connectivity index (χ1n) is 9.29. The van der Waals surface area contributed by atoms with Crippen LogP contribution in [0.25, 0.3) is 0 Å². The maximum Gasteiger partial charge on any atom is 0.490 e. The second-order valence-electron chi connectivity index (χ2n) is 7.47. The molecular weight excluding hydrogens is 411 g/mol. The number of ether oxygens (including phenoxy) is 1. The first kappa shape index (κ1) is 23.6. The molecule has 0 aromatic heterocycles. The molecular formula is C19H26F3NO5S. The van der Waals surface area contributed by atoms with Crippen LogP contribution in [0.5, 0.6) is 0 Å². The zero-order valence-corrected chi connectivity index (χ0v) is 17.2. The fourth-order valence-electron chi connectivity index (χ4n) is 3.86. The Kier molecular flexibility index (Phi) is 7.34. The van der Waals surface area contributed by atoms with Crippen LogP contribution in [0.3, 0.4) is 0 Å². The van der Waals surface area contributed by atoms with Gasteiger partial charge in [0, 0.05) is 32.2 Å². The van der Waals surface area contributed by atoms with Crippen LogP contribution in [-0.4, -0.2) is 67.4 Å². The highest BCUT2D eigenvalue weighted by Crippen LogP contribution is 2.45. The van der Waals surface area contributed by atoms with Gasteiger partial charge in [-0.1, -0.05) is 29.8 Å². The number of benzene rings is 1. The van der Waals surface area contributed by atoms with Crippen molar-refractivity contribution in [3.8, 4) is 0 Å². The molecule has 1 aromatic carbocycles. The molecule has 0 amide bonds. The van der Waals surface area contributed by atoms with Gasteiger partial charge in [0.15, 0.2) is 9.84 Å². The van der Waals surface area contributed by atoms with Crippen LogP contribution >= 0.6 is 0 Å². The third-order valence-corrected chi connectivity index (χ3v) is 7.94. The average molecular weight is 437 g/mol. The van der Waals surface area contributed by atoms with Gasteiger partial charge in [-0.2, -0.15) is 13.2 Å². The summed E-state index contributed by atoms with van der Waals surface area (Å²) in [4.78, 5) is 11.1. The Bertz CT molecular complexity index is 819. The monoisotopic (exact) mass is 437 g/mol. The average Bonchev–Trinajstić information content (AvgIpc) is 2.83. The van der Waals surface area contributed by atoms with Crippen molar-refractivity contribution >= 4 is 15.8 Å². The van der Waals surface area contributed by atoms with E-state index >= 15 is 0 Å². The number of sulfone groups is 1. The summed E-state index contributed by atoms with van der Waals surface area (Å²) in [5.41, 5.74) is 2.50. The van der Waals surface area contributed by atoms with Crippen LogP contribution in [0.15, 0.2) is 24.3 Å². The summed E-state index contributed by atoms with van der Waals surface area (Å²) in [6, 6.07) is 8.43. The van der Waals surface area contributed by atoms with Gasteiger partial charge in [0.2, 0.25) is 0 Å². The lowest BCUT2D eigenvalue weighted by molar-refractivity contribution is -0.192. The number of carboxylic acids is 1. The lowest BCUT2D eigenvalue weighted by Crippen LogP contribution is -2.67. The highest BCUT2D eigenvalue weighted by molar-refractivity contribution is 7.93. The zero-order valence-electron chi connectivity index (χ0n) is 16.4. The normalized spacial score (nSPS) is 22.6. The van der Waals surface area contributed by atoms with Crippen molar-refractivity contribution in [2.75, 3.05) is 32.1 Å². The summed E-state index contributed by atoms with van der Waals surface area (Å²) in [5.74, 6) is -2.28. The van der Waals surface area contributed by atoms with Gasteiger partial charge in [-0.3, -0.25) is 4.90 Å². The minimum Gasteiger partial charge on any atom is -0.475 e. The highest BCUT2D eigenvalue weighted by atomic mass is 32.2. The Morgan fingerprint density at radius 2 is 1.97 bits per heavy atom. The predicted molar refractivity (Wildman–Crippen MR) is 101 cm³/mol. The van der Waals surface area contributed by atoms with Crippen LogP contribution in [0, 0.1) is 12.8 Å². The number of rotatable bonds is 5. The molecule has 29 heavy (non-hydrogen) atoms. The van der Waals surface area contributed by atoms with Crippen molar-refractivity contribution in [2.24, 2.45) is 5.92 Å². The molecule has 2 saturated heterocycles. The van der Waals surface area contributed by atoms with Crippen molar-refractivity contribution in [3.05, 3.63) is 35.4 Å². The van der Waals surface area contributed by atoms with Crippen LogP contribution < -0.4 is 0 Å². The smallest absolute Gasteiger partial charge is 0.475 e. The van der Waals surface area contributed by atoms with Crippen molar-refractivity contribution < 1.29 is 36.2 Å². The maximum absolute atomic E-state index is 12.5. The largest absolute Gasteiger partial charge is 0.490 e. The van der Waals surface area contributed by atoms with Gasteiger partial charge in [0.05, 0.1) is 12.4 Å². The van der Waals surface area contributed by atoms with E-state index in [9.17, 15) is 21.6 Å². The fourth-order valence-corrected chi connectivity index (χ4v) is 6.31. The van der Waals surface area contributed by atoms with Crippen LogP contribution in [-0.2, 0) is 25.9 Å². The molecule has 0 aliphatic carbocycles. The molecule has 1 N–H and O–H groups in total. The summed E-state index contributed by atoms with van der Waals surface area (Å²) >= 11 is 0. The Hall–Kier alpha value is -1.65. The van der Waals surface area contributed by atoms with E-state index in [0.717, 1.165) is 13.0 Å². The molecule has 1 unspecified atom stereocenters. The summed E-state index contributed by atoms with van der Waals surface area (Å²) in [6.07, 6.45) is -4.33. The van der Waals surface area contributed by atoms with E-state index < -0.39 is 26.7 Å². The van der Waals surface area contributed by atoms with E-state index in [1.165, 1.54) is 11.1 Å². The molecule has 3 rings (SSSR count). The molecule has 2 fully saturated rings. The van der Waals surface area contributed by atoms with Crippen LogP contribution in [0.2, 0.25) is 0 Å². The molecule has 1 atom stereocenters. The quantitative estimate of drug-likeness (QED) is 0.763. The fraction of sp³-hybridized carbons (Fsp3) is 0.632. The SMILES string of the molecule is CCOCC1CCS(=O)(=O)C12CN(Cc1cccc(C)c1)C2.O=C(O)C(F)(F)F. The number of hydrogen-bond acceptors (Lipinski definition) is 5. The molecule has 2 aliphatic heterocycles. The Balaban J connectivity index is 0.000000370. The lowest BCUT2D eigenvalue weighted by Gasteiger charge is -2.50. The third kappa shape index (κ3) is 5.49. The predicted octanol–water partition coefficient (Wildman–Crippen LogP) is 2.65. The number of hydrogen-bond donors (Lipinski definition) is 1. The molecule has 0 radical (unpaired) electrons. The molecule has 0 bridgehead atoms. The van der Waals surface area contributed by atoms with Crippen molar-refractivity contribution in [2.45, 2.75) is 37.7 Å². The van der Waals surface area contributed by atoms with E-state index in [1.54, 1.807) is 0 Å². The van der Waals surface area contributed by atoms with Crippen molar-refractivity contribution in [1.82, 2.24) is 4.90 Å². The lowest BCUT2D eigenvalue weighted by atomic mass is 9.83. The highest BCUT2D eigenvalue weighted by Gasteiger charge is 2.61. The molecule has 2 aliphatic rings. The standard InChI is InChI=1S/C17H25NO3S.C2HF3O2/c1-3-21-11-16-7-8-22(19,20)17(16)12-18(13-17)10-15-6-4-5-14(2)9-15;3-2(4,5)1(6)7/h4-6,9,16H,3,7-8,10-13H2,1-2H3;(H,6,7). The molecule has 2 heterocycles. The molecule has 164 valence electrons. The van der Waals surface area contributed by atoms with Gasteiger partial charge >= 0.3 is 12.1 Å². The van der Waals surface area contributed by atoms with Gasteiger partial charge in [-0.15, -0.1) is 0 Å². The van der Waals surface area contributed by atoms with E-state index in [-0.39, 0.29) is 5.92 Å². The van der Waals surface area contributed by atoms with Gasteiger partial charge in [0.25, 0.3) is 0 Å². The summed E-state index contributed by atoms with van der Waals surface area (Å²) < 4.78 is 61.7. The Labute approximate surface area is 168 Å². The summed E-state index contributed by atoms with van der Waals surface area (Å²) in [7, 11) is -2.98. The number of halogens is 3. The Morgan fingerprint density at radius 3 is 2.48 bits per heavy atom. The molecule has 1 aromatic rings. The van der Waals surface area contributed by atoms with E-state index in [2.05, 4.69) is 36.1 Å². The topological polar surface area (TPSA) is 83.9 Å². The van der Waals surface area contributed by atoms with Gasteiger partial charge in [-0.25, -0.2) is 13.2 Å². The zero-order chi connectivity index (χ0) is 21.9. The number of carbonyl (C=O) groups is 1. The first-order chi connectivity index (χ1) is 13.4. The molecule has 1 spiro atoms. The number of likely N-dealkylation sites (tertiary alicyclic amines) is 1. The van der Waals surface area contributed by atoms with Gasteiger partial charge in [0.1, 0.15) is 4.75 Å². The number of carboxylic acid groups (broad SMARTS) is 1. The van der Waals surface area contributed by atoms with E-state index in [1.807, 2.05) is 6.92 Å². The minimum atomic E-state index is -5.08. The molecule has 6 nitrogen and oxygen atoms in total. The number of nitrogens with zero attached hydrogens (tertiary/aromatic N) is 1. The Morgan fingerprint density at radius 1 is 1.34 bits per heavy atom. The third-order valence-electron chi connectivity index (χ3n) is 5.34. The molecule has 0 saturated carbocycles. The van der Waals surface area contributed by atoms with Crippen LogP contribution in [0.4, 0.5) is 13.2 Å². The van der Waals surface area contributed by atoms with E-state index in [4.69, 9.17) is 14.6 Å². The van der Waals surface area contributed by atoms with E-state index in [0.29, 0.717) is 32.1 Å². The number of aliphatic carboxylic acids is 1. The van der Waals surface area contributed by atoms with Gasteiger partial charge < -0.3 is 9.84 Å². The molecule has 10 heteroatoms. The van der Waals surface area contributed by atoms with Crippen LogP contribution in [0.1, 0.15) is 24.5 Å². The second-order valence-corrected chi connectivity index (χ2v) is 9.92. The minimum absolute atomic E-state index is 0.159. The van der Waals surface area contributed by atoms with Gasteiger partial charge in [-0.05, 0) is 25.8 Å². The number of alkyl halides is 3. The second kappa shape index (κ2) is 9.01. The maximum atomic E-state index is 12.5. The summed E-state index contributed by atoms with van der Waals surface area (Å²) in [6.45, 7) is 7.41. The summed E-state index contributed by atoms with van der Waals surface area (Å²) in [5, 5.41) is 7.12. The first-order valence-corrected chi connectivity index (χ1v) is 10.9. The van der Waals surface area contributed by atoms with Crippen molar-refractivity contribution in [3.63, 3.8) is 0 Å². The number of aryl methyl sites for hydroxylation is 1.